The number of carbonyl (C=O) groups is 1. The second kappa shape index (κ2) is 7.30. The Morgan fingerprint density at radius 1 is 1.14 bits per heavy atom. The van der Waals surface area contributed by atoms with E-state index in [4.69, 9.17) is 9.84 Å². The van der Waals surface area contributed by atoms with E-state index in [2.05, 4.69) is 0 Å². The third kappa shape index (κ3) is 4.62. The van der Waals surface area contributed by atoms with Gasteiger partial charge in [0.25, 0.3) is 0 Å². The lowest BCUT2D eigenvalue weighted by Gasteiger charge is -2.20. The van der Waals surface area contributed by atoms with Gasteiger partial charge >= 0.3 is 5.97 Å². The molecule has 0 bridgehead atoms. The minimum absolute atomic E-state index is 0.324. The van der Waals surface area contributed by atoms with Crippen molar-refractivity contribution in [1.29, 1.82) is 0 Å². The van der Waals surface area contributed by atoms with E-state index in [0.29, 0.717) is 6.10 Å². The average molecular weight is 288 g/mol. The molecule has 3 nitrogen and oxygen atoms in total. The zero-order valence-corrected chi connectivity index (χ0v) is 12.9. The van der Waals surface area contributed by atoms with Gasteiger partial charge < -0.3 is 9.84 Å². The molecule has 1 aromatic rings. The summed E-state index contributed by atoms with van der Waals surface area (Å²) in [6.07, 6.45) is 10.5. The number of ether oxygens (including phenoxy) is 1. The van der Waals surface area contributed by atoms with Crippen molar-refractivity contribution in [3.05, 3.63) is 34.9 Å². The minimum Gasteiger partial charge on any atom is -0.490 e. The van der Waals surface area contributed by atoms with Crippen LogP contribution in [0.2, 0.25) is 0 Å². The van der Waals surface area contributed by atoms with Gasteiger partial charge in [-0.25, -0.2) is 4.79 Å². The molecule has 1 aliphatic rings. The summed E-state index contributed by atoms with van der Waals surface area (Å²) in [6.45, 7) is 4.05. The molecule has 3 heteroatoms. The van der Waals surface area contributed by atoms with Crippen molar-refractivity contribution in [2.75, 3.05) is 0 Å². The van der Waals surface area contributed by atoms with E-state index in [9.17, 15) is 4.79 Å². The molecule has 0 heterocycles. The summed E-state index contributed by atoms with van der Waals surface area (Å²) < 4.78 is 6.24. The SMILES string of the molecule is Cc1cc(/C=C/C(=O)O)cc(C)c1OC1CCCCCC1. The van der Waals surface area contributed by atoms with Gasteiger partial charge in [0.1, 0.15) is 5.75 Å². The Kier molecular flexibility index (Phi) is 5.43. The molecule has 1 aromatic carbocycles. The number of carboxylic acids is 1. The first kappa shape index (κ1) is 15.6. The highest BCUT2D eigenvalue weighted by atomic mass is 16.5. The van der Waals surface area contributed by atoms with Crippen molar-refractivity contribution < 1.29 is 14.6 Å². The van der Waals surface area contributed by atoms with Crippen molar-refractivity contribution in [1.82, 2.24) is 0 Å². The first-order valence-electron chi connectivity index (χ1n) is 7.75. The maximum absolute atomic E-state index is 10.6. The Morgan fingerprint density at radius 3 is 2.24 bits per heavy atom. The van der Waals surface area contributed by atoms with E-state index in [-0.39, 0.29) is 0 Å². The molecule has 21 heavy (non-hydrogen) atoms. The largest absolute Gasteiger partial charge is 0.490 e. The van der Waals surface area contributed by atoms with Gasteiger partial charge in [0.2, 0.25) is 0 Å². The molecule has 0 aromatic heterocycles. The summed E-state index contributed by atoms with van der Waals surface area (Å²) in [7, 11) is 0. The number of hydrogen-bond acceptors (Lipinski definition) is 2. The summed E-state index contributed by atoms with van der Waals surface area (Å²) in [5.41, 5.74) is 3.05. The molecule has 1 N–H and O–H groups in total. The van der Waals surface area contributed by atoms with Gasteiger partial charge in [0.15, 0.2) is 0 Å². The molecule has 0 amide bonds. The van der Waals surface area contributed by atoms with E-state index in [1.54, 1.807) is 6.08 Å². The Labute approximate surface area is 126 Å². The standard InChI is InChI=1S/C18H24O3/c1-13-11-15(9-10-17(19)20)12-14(2)18(13)21-16-7-5-3-4-6-8-16/h9-12,16H,3-8H2,1-2H3,(H,19,20)/b10-9+. The lowest BCUT2D eigenvalue weighted by atomic mass is 10.0. The number of benzene rings is 1. The van der Waals surface area contributed by atoms with Crippen LogP contribution >= 0.6 is 0 Å². The van der Waals surface area contributed by atoms with Crippen molar-refractivity contribution in [2.45, 2.75) is 58.5 Å². The molecule has 0 spiro atoms. The molecule has 1 fully saturated rings. The third-order valence-electron chi connectivity index (χ3n) is 3.99. The predicted octanol–water partition coefficient (Wildman–Crippen LogP) is 4.50. The number of carboxylic acid groups (broad SMARTS) is 1. The highest BCUT2D eigenvalue weighted by Gasteiger charge is 2.16. The van der Waals surface area contributed by atoms with Crippen LogP contribution in [0.3, 0.4) is 0 Å². The summed E-state index contributed by atoms with van der Waals surface area (Å²) >= 11 is 0. The molecule has 1 saturated carbocycles. The van der Waals surface area contributed by atoms with E-state index in [1.165, 1.54) is 31.8 Å². The Balaban J connectivity index is 2.14. The second-order valence-electron chi connectivity index (χ2n) is 5.89. The first-order chi connectivity index (χ1) is 10.1. The van der Waals surface area contributed by atoms with Crippen molar-refractivity contribution in [2.24, 2.45) is 0 Å². The van der Waals surface area contributed by atoms with E-state index < -0.39 is 5.97 Å². The summed E-state index contributed by atoms with van der Waals surface area (Å²) in [5, 5.41) is 8.70. The molecule has 114 valence electrons. The van der Waals surface area contributed by atoms with Gasteiger partial charge in [-0.1, -0.05) is 12.8 Å². The summed E-state index contributed by atoms with van der Waals surface area (Å²) in [6, 6.07) is 3.97. The molecule has 0 radical (unpaired) electrons. The molecule has 0 saturated heterocycles. The molecule has 0 unspecified atom stereocenters. The smallest absolute Gasteiger partial charge is 0.328 e. The summed E-state index contributed by atoms with van der Waals surface area (Å²) in [4.78, 5) is 10.6. The lowest BCUT2D eigenvalue weighted by Crippen LogP contribution is -2.16. The van der Waals surface area contributed by atoms with Crippen LogP contribution in [0.1, 0.15) is 55.2 Å². The minimum atomic E-state index is -0.927. The van der Waals surface area contributed by atoms with E-state index in [1.807, 2.05) is 26.0 Å². The third-order valence-corrected chi connectivity index (χ3v) is 3.99. The van der Waals surface area contributed by atoms with Crippen LogP contribution in [0.5, 0.6) is 5.75 Å². The lowest BCUT2D eigenvalue weighted by molar-refractivity contribution is -0.131. The number of aryl methyl sites for hydroxylation is 2. The van der Waals surface area contributed by atoms with Crippen molar-refractivity contribution in [3.8, 4) is 5.75 Å². The van der Waals surface area contributed by atoms with Crippen LogP contribution < -0.4 is 4.74 Å². The number of hydrogen-bond donors (Lipinski definition) is 1. The highest BCUT2D eigenvalue weighted by Crippen LogP contribution is 2.29. The van der Waals surface area contributed by atoms with Gasteiger partial charge in [-0.15, -0.1) is 0 Å². The zero-order chi connectivity index (χ0) is 15.2. The normalized spacial score (nSPS) is 16.9. The quantitative estimate of drug-likeness (QED) is 0.655. The molecule has 0 atom stereocenters. The molecule has 1 aliphatic carbocycles. The van der Waals surface area contributed by atoms with Crippen LogP contribution in [0.15, 0.2) is 18.2 Å². The van der Waals surface area contributed by atoms with E-state index >= 15 is 0 Å². The van der Waals surface area contributed by atoms with Crippen LogP contribution in [-0.2, 0) is 4.79 Å². The van der Waals surface area contributed by atoms with Gasteiger partial charge in [0, 0.05) is 6.08 Å². The van der Waals surface area contributed by atoms with Gasteiger partial charge in [-0.05, 0) is 74.4 Å². The zero-order valence-electron chi connectivity index (χ0n) is 12.9. The van der Waals surface area contributed by atoms with Crippen molar-refractivity contribution in [3.63, 3.8) is 0 Å². The van der Waals surface area contributed by atoms with Gasteiger partial charge in [-0.2, -0.15) is 0 Å². The van der Waals surface area contributed by atoms with Crippen LogP contribution in [0.4, 0.5) is 0 Å². The highest BCUT2D eigenvalue weighted by molar-refractivity contribution is 5.85. The molecular weight excluding hydrogens is 264 g/mol. The maximum Gasteiger partial charge on any atom is 0.328 e. The van der Waals surface area contributed by atoms with Gasteiger partial charge in [-0.3, -0.25) is 0 Å². The van der Waals surface area contributed by atoms with Crippen LogP contribution in [0.25, 0.3) is 6.08 Å². The average Bonchev–Trinajstić information content (AvgIpc) is 2.69. The Morgan fingerprint density at radius 2 is 1.71 bits per heavy atom. The monoisotopic (exact) mass is 288 g/mol. The van der Waals surface area contributed by atoms with Crippen molar-refractivity contribution >= 4 is 12.0 Å². The molecule has 0 aliphatic heterocycles. The fourth-order valence-corrected chi connectivity index (χ4v) is 2.96. The van der Waals surface area contributed by atoms with E-state index in [0.717, 1.165) is 35.3 Å². The predicted molar refractivity (Wildman–Crippen MR) is 84.7 cm³/mol. The fraction of sp³-hybridized carbons (Fsp3) is 0.500. The molecular formula is C18H24O3. The first-order valence-corrected chi connectivity index (χ1v) is 7.75. The number of aliphatic carboxylic acids is 1. The Bertz CT molecular complexity index is 500. The molecule has 2 rings (SSSR count). The summed E-state index contributed by atoms with van der Waals surface area (Å²) in [5.74, 6) is 0.0402. The topological polar surface area (TPSA) is 46.5 Å². The van der Waals surface area contributed by atoms with Crippen LogP contribution in [-0.4, -0.2) is 17.2 Å². The number of rotatable bonds is 4. The fourth-order valence-electron chi connectivity index (χ4n) is 2.96. The Hall–Kier alpha value is -1.77. The maximum atomic E-state index is 10.6. The van der Waals surface area contributed by atoms with Crippen LogP contribution in [0, 0.1) is 13.8 Å². The van der Waals surface area contributed by atoms with Gasteiger partial charge in [0.05, 0.1) is 6.10 Å². The second-order valence-corrected chi connectivity index (χ2v) is 5.89.